The van der Waals surface area contributed by atoms with Crippen LogP contribution >= 0.6 is 11.6 Å². The lowest BCUT2D eigenvalue weighted by Gasteiger charge is -2.32. The second-order valence-electron chi connectivity index (χ2n) is 5.50. The Morgan fingerprint density at radius 2 is 1.77 bits per heavy atom. The van der Waals surface area contributed by atoms with E-state index in [1.165, 1.54) is 34.3 Å². The molecular formula is C17H17ClF3NO4. The van der Waals surface area contributed by atoms with Crippen molar-refractivity contribution < 1.29 is 32.2 Å². The zero-order chi connectivity index (χ0) is 19.7. The molecule has 0 saturated carbocycles. The van der Waals surface area contributed by atoms with Crippen LogP contribution in [0.25, 0.3) is 0 Å². The Hall–Kier alpha value is -2.35. The van der Waals surface area contributed by atoms with Crippen LogP contribution in [-0.2, 0) is 0 Å². The largest absolute Gasteiger partial charge is 0.493 e. The smallest absolute Gasteiger partial charge is 0.408 e. The number of aryl methyl sites for hydroxylation is 1. The Kier molecular flexibility index (Phi) is 5.46. The number of ether oxygens (including phenoxy) is 3. The number of ketones is 1. The van der Waals surface area contributed by atoms with Crippen LogP contribution in [0, 0.1) is 12.3 Å². The number of carbonyl (C=O) groups is 1. The van der Waals surface area contributed by atoms with Crippen LogP contribution < -0.4 is 19.5 Å². The van der Waals surface area contributed by atoms with Crippen LogP contribution in [0.2, 0.25) is 0 Å². The molecule has 0 aliphatic carbocycles. The highest BCUT2D eigenvalue weighted by Gasteiger charge is 2.59. The number of carbonyl (C=O) groups excluding carboxylic acids is 1. The van der Waals surface area contributed by atoms with Gasteiger partial charge >= 0.3 is 6.18 Å². The van der Waals surface area contributed by atoms with Gasteiger partial charge in [-0.3, -0.25) is 4.79 Å². The third-order valence-electron chi connectivity index (χ3n) is 4.02. The molecule has 1 unspecified atom stereocenters. The van der Waals surface area contributed by atoms with Crippen molar-refractivity contribution in [2.75, 3.05) is 21.3 Å². The van der Waals surface area contributed by atoms with Gasteiger partial charge in [-0.15, -0.1) is 0 Å². The molecule has 0 spiro atoms. The van der Waals surface area contributed by atoms with E-state index in [0.717, 1.165) is 12.3 Å². The summed E-state index contributed by atoms with van der Waals surface area (Å²) in [5.41, 5.74) is -2.97. The van der Waals surface area contributed by atoms with Gasteiger partial charge in [0.05, 0.1) is 26.9 Å². The van der Waals surface area contributed by atoms with Gasteiger partial charge in [0, 0.05) is 0 Å². The van der Waals surface area contributed by atoms with Gasteiger partial charge in [-0.25, -0.2) is 0 Å². The highest BCUT2D eigenvalue weighted by molar-refractivity contribution is 6.29. The normalized spacial score (nSPS) is 19.5. The van der Waals surface area contributed by atoms with Crippen molar-refractivity contribution in [3.8, 4) is 17.2 Å². The SMILES string of the molecule is COc1cc(C)c(C(=O)C2(C(F)(F)F)C=CNC(Cl)=C2)c(OC)c1OC. The maximum absolute atomic E-state index is 13.9. The van der Waals surface area contributed by atoms with E-state index in [0.29, 0.717) is 6.08 Å². The fourth-order valence-electron chi connectivity index (χ4n) is 2.76. The van der Waals surface area contributed by atoms with Gasteiger partial charge in [0.2, 0.25) is 5.75 Å². The molecular weight excluding hydrogens is 375 g/mol. The summed E-state index contributed by atoms with van der Waals surface area (Å²) in [6.45, 7) is 1.48. The second-order valence-corrected chi connectivity index (χ2v) is 5.91. The Balaban J connectivity index is 2.80. The number of nitrogens with one attached hydrogen (secondary N) is 1. The van der Waals surface area contributed by atoms with Crippen molar-refractivity contribution in [1.29, 1.82) is 0 Å². The molecule has 0 radical (unpaired) electrons. The Morgan fingerprint density at radius 3 is 2.23 bits per heavy atom. The summed E-state index contributed by atoms with van der Waals surface area (Å²) in [5, 5.41) is 2.11. The minimum Gasteiger partial charge on any atom is -0.493 e. The predicted molar refractivity (Wildman–Crippen MR) is 89.9 cm³/mol. The molecule has 0 saturated heterocycles. The minimum absolute atomic E-state index is 0.0225. The summed E-state index contributed by atoms with van der Waals surface area (Å²) in [7, 11) is 3.90. The standard InChI is InChI=1S/C17H17ClF3NO4/c1-9-7-10(24-2)13(25-3)14(26-4)12(9)15(23)16(17(19,20)21)5-6-22-11(18)8-16/h5-8,22H,1-4H3. The van der Waals surface area contributed by atoms with Gasteiger partial charge in [-0.1, -0.05) is 11.6 Å². The van der Waals surface area contributed by atoms with E-state index in [9.17, 15) is 18.0 Å². The Labute approximate surface area is 153 Å². The summed E-state index contributed by atoms with van der Waals surface area (Å²) in [6.07, 6.45) is -2.59. The van der Waals surface area contributed by atoms with E-state index in [-0.39, 0.29) is 33.5 Å². The van der Waals surface area contributed by atoms with Crippen molar-refractivity contribution in [3.05, 3.63) is 40.7 Å². The van der Waals surface area contributed by atoms with Crippen molar-refractivity contribution in [2.45, 2.75) is 13.1 Å². The number of Topliss-reactive ketones (excluding diaryl/α,β-unsaturated/α-hetero) is 1. The maximum Gasteiger partial charge on any atom is 0.408 e. The first-order valence-electron chi connectivity index (χ1n) is 7.36. The van der Waals surface area contributed by atoms with E-state index >= 15 is 0 Å². The van der Waals surface area contributed by atoms with Crippen LogP contribution in [0.1, 0.15) is 15.9 Å². The first-order valence-corrected chi connectivity index (χ1v) is 7.74. The monoisotopic (exact) mass is 391 g/mol. The molecule has 1 aliphatic heterocycles. The molecule has 1 N–H and O–H groups in total. The number of methoxy groups -OCH3 is 3. The van der Waals surface area contributed by atoms with Crippen LogP contribution in [0.3, 0.4) is 0 Å². The van der Waals surface area contributed by atoms with Gasteiger partial charge in [-0.05, 0) is 36.9 Å². The van der Waals surface area contributed by atoms with Crippen LogP contribution in [-0.4, -0.2) is 33.3 Å². The van der Waals surface area contributed by atoms with E-state index in [1.54, 1.807) is 0 Å². The van der Waals surface area contributed by atoms with E-state index in [1.807, 2.05) is 0 Å². The summed E-state index contributed by atoms with van der Waals surface area (Å²) in [4.78, 5) is 13.1. The molecule has 9 heteroatoms. The average molecular weight is 392 g/mol. The first kappa shape index (κ1) is 20.0. The number of halogens is 4. The molecule has 1 heterocycles. The van der Waals surface area contributed by atoms with Crippen LogP contribution in [0.5, 0.6) is 17.2 Å². The third-order valence-corrected chi connectivity index (χ3v) is 4.24. The van der Waals surface area contributed by atoms with Crippen molar-refractivity contribution in [2.24, 2.45) is 5.41 Å². The fraction of sp³-hybridized carbons (Fsp3) is 0.353. The Morgan fingerprint density at radius 1 is 1.15 bits per heavy atom. The molecule has 2 rings (SSSR count). The summed E-state index contributed by atoms with van der Waals surface area (Å²) in [5.74, 6) is -1.13. The number of rotatable bonds is 5. The molecule has 0 amide bonds. The third kappa shape index (κ3) is 3.09. The highest BCUT2D eigenvalue weighted by atomic mass is 35.5. The lowest BCUT2D eigenvalue weighted by atomic mass is 9.77. The maximum atomic E-state index is 13.9. The van der Waals surface area contributed by atoms with Crippen molar-refractivity contribution in [3.63, 3.8) is 0 Å². The molecule has 1 aromatic carbocycles. The van der Waals surface area contributed by atoms with Gasteiger partial charge in [0.15, 0.2) is 22.7 Å². The molecule has 0 bridgehead atoms. The summed E-state index contributed by atoms with van der Waals surface area (Å²) < 4.78 is 57.2. The molecule has 0 fully saturated rings. The quantitative estimate of drug-likeness (QED) is 0.608. The summed E-state index contributed by atoms with van der Waals surface area (Å²) in [6, 6.07) is 1.41. The number of hydrogen-bond acceptors (Lipinski definition) is 5. The second kappa shape index (κ2) is 7.11. The lowest BCUT2D eigenvalue weighted by Crippen LogP contribution is -2.44. The molecule has 26 heavy (non-hydrogen) atoms. The highest BCUT2D eigenvalue weighted by Crippen LogP contribution is 2.50. The molecule has 0 aromatic heterocycles. The van der Waals surface area contributed by atoms with Gasteiger partial charge < -0.3 is 19.5 Å². The minimum atomic E-state index is -4.92. The molecule has 1 aromatic rings. The summed E-state index contributed by atoms with van der Waals surface area (Å²) >= 11 is 5.73. The predicted octanol–water partition coefficient (Wildman–Crippen LogP) is 3.95. The molecule has 5 nitrogen and oxygen atoms in total. The Bertz CT molecular complexity index is 789. The topological polar surface area (TPSA) is 56.8 Å². The molecule has 1 atom stereocenters. The number of alkyl halides is 3. The van der Waals surface area contributed by atoms with E-state index in [2.05, 4.69) is 5.32 Å². The van der Waals surface area contributed by atoms with Gasteiger partial charge in [0.25, 0.3) is 0 Å². The number of benzene rings is 1. The number of allylic oxidation sites excluding steroid dienone is 2. The van der Waals surface area contributed by atoms with Crippen LogP contribution in [0.4, 0.5) is 13.2 Å². The first-order chi connectivity index (χ1) is 12.1. The van der Waals surface area contributed by atoms with Gasteiger partial charge in [0.1, 0.15) is 5.16 Å². The number of dihydropyridines is 1. The molecule has 142 valence electrons. The number of hydrogen-bond donors (Lipinski definition) is 1. The zero-order valence-corrected chi connectivity index (χ0v) is 15.2. The van der Waals surface area contributed by atoms with E-state index < -0.39 is 17.4 Å². The van der Waals surface area contributed by atoms with Crippen molar-refractivity contribution in [1.82, 2.24) is 5.32 Å². The fourth-order valence-corrected chi connectivity index (χ4v) is 2.99. The van der Waals surface area contributed by atoms with Crippen molar-refractivity contribution >= 4 is 17.4 Å². The average Bonchev–Trinajstić information content (AvgIpc) is 2.58. The molecule has 1 aliphatic rings. The van der Waals surface area contributed by atoms with E-state index in [4.69, 9.17) is 25.8 Å². The van der Waals surface area contributed by atoms with Gasteiger partial charge in [-0.2, -0.15) is 13.2 Å². The zero-order valence-electron chi connectivity index (χ0n) is 14.5. The van der Waals surface area contributed by atoms with Crippen LogP contribution in [0.15, 0.2) is 29.6 Å². The lowest BCUT2D eigenvalue weighted by molar-refractivity contribution is -0.173.